The molecular formula is C30H38O9. The second-order valence-corrected chi connectivity index (χ2v) is 13.1. The summed E-state index contributed by atoms with van der Waals surface area (Å²) in [6, 6.07) is 0. The van der Waals surface area contributed by atoms with E-state index in [1.165, 1.54) is 21.0 Å². The highest BCUT2D eigenvalue weighted by atomic mass is 16.6. The Labute approximate surface area is 228 Å². The average Bonchev–Trinajstić information content (AvgIpc) is 3.17. The summed E-state index contributed by atoms with van der Waals surface area (Å²) >= 11 is 0. The number of ketones is 1. The van der Waals surface area contributed by atoms with Gasteiger partial charge in [0.2, 0.25) is 0 Å². The number of rotatable bonds is 3. The molecule has 0 aromatic carbocycles. The number of carbonyl (C=O) groups is 5. The molecule has 0 aromatic rings. The number of ether oxygens (including phenoxy) is 4. The van der Waals surface area contributed by atoms with Crippen LogP contribution >= 0.6 is 0 Å². The van der Waals surface area contributed by atoms with Gasteiger partial charge in [0, 0.05) is 42.1 Å². The molecule has 1 aliphatic heterocycles. The van der Waals surface area contributed by atoms with Crippen LogP contribution in [0.15, 0.2) is 23.0 Å². The van der Waals surface area contributed by atoms with E-state index >= 15 is 0 Å². The zero-order valence-electron chi connectivity index (χ0n) is 24.2. The molecular weight excluding hydrogens is 504 g/mol. The minimum atomic E-state index is -1.78. The maximum Gasteiger partial charge on any atom is 0.321 e. The van der Waals surface area contributed by atoms with Gasteiger partial charge in [-0.15, -0.1) is 0 Å². The second kappa shape index (κ2) is 8.04. The number of hydrogen-bond donors (Lipinski definition) is 0. The Balaban J connectivity index is 1.79. The Morgan fingerprint density at radius 3 is 2.23 bits per heavy atom. The van der Waals surface area contributed by atoms with E-state index in [0.717, 1.165) is 0 Å². The summed E-state index contributed by atoms with van der Waals surface area (Å²) in [4.78, 5) is 66.7. The van der Waals surface area contributed by atoms with Gasteiger partial charge in [-0.05, 0) is 40.0 Å². The van der Waals surface area contributed by atoms with Gasteiger partial charge >= 0.3 is 23.9 Å². The molecule has 5 rings (SSSR count). The van der Waals surface area contributed by atoms with E-state index in [-0.39, 0.29) is 35.6 Å². The summed E-state index contributed by atoms with van der Waals surface area (Å²) in [7, 11) is 1.25. The molecule has 9 nitrogen and oxygen atoms in total. The van der Waals surface area contributed by atoms with Gasteiger partial charge in [0.05, 0.1) is 17.9 Å². The summed E-state index contributed by atoms with van der Waals surface area (Å²) in [5.41, 5.74) is -5.01. The average molecular weight is 543 g/mol. The summed E-state index contributed by atoms with van der Waals surface area (Å²) in [5, 5.41) is 0. The molecule has 4 aliphatic carbocycles. The third-order valence-electron chi connectivity index (χ3n) is 11.2. The summed E-state index contributed by atoms with van der Waals surface area (Å²) in [5.74, 6) is -3.21. The lowest BCUT2D eigenvalue weighted by atomic mass is 9.33. The largest absolute Gasteiger partial charge is 0.468 e. The number of hydrogen-bond acceptors (Lipinski definition) is 9. The molecule has 0 amide bonds. The maximum atomic E-state index is 14.5. The molecule has 5 aliphatic rings. The van der Waals surface area contributed by atoms with Crippen LogP contribution in [0, 0.1) is 38.9 Å². The highest BCUT2D eigenvalue weighted by molar-refractivity contribution is 6.17. The van der Waals surface area contributed by atoms with E-state index in [0.29, 0.717) is 18.4 Å². The fourth-order valence-electron chi connectivity index (χ4n) is 9.88. The SMILES string of the molecule is COC(=O)[C@@]12C(=O)C(C)=C(OC(C)=O)[C@]1(C)C(C)=CC1[C@]34CC[C@H](OC(C)=O)C(C)(C)C3[C@H](C[C@@]12C)OC4=O. The normalized spacial score (nSPS) is 43.5. The molecule has 1 saturated heterocycles. The molecule has 2 saturated carbocycles. The van der Waals surface area contributed by atoms with Crippen LogP contribution in [0.1, 0.15) is 74.7 Å². The molecule has 39 heavy (non-hydrogen) atoms. The van der Waals surface area contributed by atoms with Crippen molar-refractivity contribution in [3.05, 3.63) is 23.0 Å². The number of methoxy groups -OCH3 is 1. The lowest BCUT2D eigenvalue weighted by Crippen LogP contribution is -2.71. The van der Waals surface area contributed by atoms with Crippen LogP contribution in [0.2, 0.25) is 0 Å². The molecule has 0 radical (unpaired) electrons. The van der Waals surface area contributed by atoms with Crippen molar-refractivity contribution >= 4 is 29.7 Å². The van der Waals surface area contributed by atoms with Crippen molar-refractivity contribution in [1.29, 1.82) is 0 Å². The predicted octanol–water partition coefficient (Wildman–Crippen LogP) is 3.84. The topological polar surface area (TPSA) is 122 Å². The molecule has 3 fully saturated rings. The number of esters is 4. The molecule has 0 spiro atoms. The Morgan fingerprint density at radius 1 is 1.03 bits per heavy atom. The summed E-state index contributed by atoms with van der Waals surface area (Å²) in [6.45, 7) is 13.7. The van der Waals surface area contributed by atoms with Crippen LogP contribution in [0.4, 0.5) is 0 Å². The van der Waals surface area contributed by atoms with Crippen LogP contribution < -0.4 is 0 Å². The Hall–Kier alpha value is -2.97. The lowest BCUT2D eigenvalue weighted by Gasteiger charge is -2.66. The van der Waals surface area contributed by atoms with Gasteiger partial charge in [-0.25, -0.2) is 0 Å². The van der Waals surface area contributed by atoms with Gasteiger partial charge in [0.1, 0.15) is 18.0 Å². The van der Waals surface area contributed by atoms with E-state index in [1.807, 2.05) is 33.8 Å². The molecule has 8 atom stereocenters. The van der Waals surface area contributed by atoms with Crippen LogP contribution in [0.5, 0.6) is 0 Å². The third kappa shape index (κ3) is 2.84. The van der Waals surface area contributed by atoms with Gasteiger partial charge in [-0.1, -0.05) is 32.4 Å². The molecule has 2 bridgehead atoms. The Bertz CT molecular complexity index is 1290. The molecule has 0 aromatic heterocycles. The zero-order chi connectivity index (χ0) is 29.1. The first-order valence-corrected chi connectivity index (χ1v) is 13.6. The first-order valence-electron chi connectivity index (χ1n) is 13.6. The molecule has 1 heterocycles. The fourth-order valence-corrected chi connectivity index (χ4v) is 9.88. The van der Waals surface area contributed by atoms with Crippen molar-refractivity contribution in [1.82, 2.24) is 0 Å². The molecule has 212 valence electrons. The van der Waals surface area contributed by atoms with Crippen LogP contribution in [0.3, 0.4) is 0 Å². The fraction of sp³-hybridized carbons (Fsp3) is 0.700. The van der Waals surface area contributed by atoms with Gasteiger partial charge in [0.15, 0.2) is 11.2 Å². The first kappa shape index (κ1) is 27.6. The predicted molar refractivity (Wildman–Crippen MR) is 136 cm³/mol. The Kier molecular flexibility index (Phi) is 5.69. The molecule has 9 heteroatoms. The van der Waals surface area contributed by atoms with Gasteiger partial charge < -0.3 is 18.9 Å². The quantitative estimate of drug-likeness (QED) is 0.227. The van der Waals surface area contributed by atoms with Crippen LogP contribution in [-0.2, 0) is 42.9 Å². The van der Waals surface area contributed by atoms with E-state index in [2.05, 4.69) is 0 Å². The third-order valence-corrected chi connectivity index (χ3v) is 11.2. The minimum absolute atomic E-state index is 0.150. The number of allylic oxidation sites excluding steroid dienone is 3. The monoisotopic (exact) mass is 542 g/mol. The Morgan fingerprint density at radius 2 is 1.67 bits per heavy atom. The van der Waals surface area contributed by atoms with Crippen molar-refractivity contribution in [2.75, 3.05) is 7.11 Å². The van der Waals surface area contributed by atoms with Gasteiger partial charge in [-0.3, -0.25) is 24.0 Å². The summed E-state index contributed by atoms with van der Waals surface area (Å²) < 4.78 is 23.0. The van der Waals surface area contributed by atoms with E-state index in [4.69, 9.17) is 18.9 Å². The van der Waals surface area contributed by atoms with E-state index < -0.39 is 62.9 Å². The van der Waals surface area contributed by atoms with Crippen molar-refractivity contribution in [3.63, 3.8) is 0 Å². The van der Waals surface area contributed by atoms with Crippen molar-refractivity contribution in [3.8, 4) is 0 Å². The highest BCUT2D eigenvalue weighted by Gasteiger charge is 2.85. The summed E-state index contributed by atoms with van der Waals surface area (Å²) in [6.07, 6.45) is 2.02. The second-order valence-electron chi connectivity index (χ2n) is 13.1. The number of Topliss-reactive ketones (excluding diaryl/α,β-unsaturated/α-hetero) is 1. The highest BCUT2D eigenvalue weighted by Crippen LogP contribution is 2.79. The number of carbonyl (C=O) groups excluding carboxylic acids is 5. The van der Waals surface area contributed by atoms with Crippen molar-refractivity contribution in [2.45, 2.75) is 86.9 Å². The first-order chi connectivity index (χ1) is 18.0. The molecule has 0 N–H and O–H groups in total. The van der Waals surface area contributed by atoms with E-state index in [1.54, 1.807) is 13.8 Å². The smallest absolute Gasteiger partial charge is 0.321 e. The van der Waals surface area contributed by atoms with E-state index in [9.17, 15) is 24.0 Å². The van der Waals surface area contributed by atoms with Gasteiger partial charge in [-0.2, -0.15) is 0 Å². The van der Waals surface area contributed by atoms with Crippen LogP contribution in [-0.4, -0.2) is 49.0 Å². The molecule has 2 unspecified atom stereocenters. The maximum absolute atomic E-state index is 14.5. The zero-order valence-corrected chi connectivity index (χ0v) is 24.2. The van der Waals surface area contributed by atoms with Crippen molar-refractivity contribution < 1.29 is 42.9 Å². The van der Waals surface area contributed by atoms with Crippen molar-refractivity contribution in [2.24, 2.45) is 38.9 Å². The standard InChI is InChI=1S/C30H38O9/c1-14-12-19-27(7,30(25(35)36-9)22(33)15(2)23(28(14,30)8)38-17(4)32)13-18-21-26(5,6)20(37-16(3)31)10-11-29(19,21)24(34)39-18/h12,18-21H,10-11,13H2,1-9H3/t18-,19?,20-,21?,27-,28-,29+,30+/m0/s1. The van der Waals surface area contributed by atoms with Crippen LogP contribution in [0.25, 0.3) is 0 Å². The lowest BCUT2D eigenvalue weighted by molar-refractivity contribution is -0.217. The van der Waals surface area contributed by atoms with Gasteiger partial charge in [0.25, 0.3) is 0 Å². The minimum Gasteiger partial charge on any atom is -0.468 e. The number of fused-ring (bicyclic) bond motifs is 3.